The van der Waals surface area contributed by atoms with Gasteiger partial charge in [-0.25, -0.2) is 0 Å². The second-order valence-electron chi connectivity index (χ2n) is 7.34. The molecule has 0 aliphatic rings. The van der Waals surface area contributed by atoms with Gasteiger partial charge in [-0.05, 0) is 50.1 Å². The highest BCUT2D eigenvalue weighted by Gasteiger charge is 2.21. The molecule has 0 unspecified atom stereocenters. The summed E-state index contributed by atoms with van der Waals surface area (Å²) in [5.41, 5.74) is 2.52. The predicted octanol–water partition coefficient (Wildman–Crippen LogP) is 4.51. The molecule has 1 heterocycles. The largest absolute Gasteiger partial charge is 0.347 e. The number of nitrogens with one attached hydrogen (secondary N) is 1. The van der Waals surface area contributed by atoms with E-state index in [1.165, 1.54) is 0 Å². The first-order valence-corrected chi connectivity index (χ1v) is 8.83. The molecule has 136 valence electrons. The molecule has 1 N–H and O–H groups in total. The molecule has 0 bridgehead atoms. The summed E-state index contributed by atoms with van der Waals surface area (Å²) in [6.45, 7) is 5.81. The quantitative estimate of drug-likeness (QED) is 0.698. The Kier molecular flexibility index (Phi) is 5.17. The van der Waals surface area contributed by atoms with E-state index in [9.17, 15) is 9.59 Å². The highest BCUT2D eigenvalue weighted by atomic mass is 16.1. The monoisotopic (exact) mass is 358 g/mol. The summed E-state index contributed by atoms with van der Waals surface area (Å²) in [5.74, 6) is -0.338. The van der Waals surface area contributed by atoms with Gasteiger partial charge in [0, 0.05) is 22.9 Å². The van der Waals surface area contributed by atoms with E-state index in [2.05, 4.69) is 10.3 Å². The van der Waals surface area contributed by atoms with Crippen molar-refractivity contribution in [1.29, 1.82) is 0 Å². The van der Waals surface area contributed by atoms with E-state index in [4.69, 9.17) is 0 Å². The molecular weight excluding hydrogens is 336 g/mol. The van der Waals surface area contributed by atoms with E-state index in [-0.39, 0.29) is 17.2 Å². The summed E-state index contributed by atoms with van der Waals surface area (Å²) >= 11 is 0. The third-order valence-electron chi connectivity index (χ3n) is 4.02. The van der Waals surface area contributed by atoms with Gasteiger partial charge in [-0.1, -0.05) is 48.5 Å². The molecule has 0 aliphatic heterocycles. The van der Waals surface area contributed by atoms with Crippen molar-refractivity contribution in [2.75, 3.05) is 0 Å². The van der Waals surface area contributed by atoms with Crippen LogP contribution in [0.4, 0.5) is 0 Å². The maximum Gasteiger partial charge on any atom is 0.252 e. The molecule has 0 atom stereocenters. The Morgan fingerprint density at radius 2 is 1.33 bits per heavy atom. The zero-order chi connectivity index (χ0) is 19.4. The van der Waals surface area contributed by atoms with E-state index in [1.54, 1.807) is 36.5 Å². The van der Waals surface area contributed by atoms with Crippen molar-refractivity contribution in [3.05, 3.63) is 89.7 Å². The number of pyridine rings is 1. The van der Waals surface area contributed by atoms with Gasteiger partial charge in [-0.15, -0.1) is 0 Å². The van der Waals surface area contributed by atoms with Crippen LogP contribution >= 0.6 is 0 Å². The fourth-order valence-electron chi connectivity index (χ4n) is 2.87. The van der Waals surface area contributed by atoms with Crippen LogP contribution in [-0.4, -0.2) is 22.2 Å². The average Bonchev–Trinajstić information content (AvgIpc) is 2.67. The molecule has 3 rings (SSSR count). The number of aromatic nitrogens is 1. The molecule has 4 heteroatoms. The van der Waals surface area contributed by atoms with Gasteiger partial charge in [0.25, 0.3) is 5.91 Å². The third-order valence-corrected chi connectivity index (χ3v) is 4.02. The van der Waals surface area contributed by atoms with Crippen molar-refractivity contribution in [1.82, 2.24) is 10.3 Å². The molecule has 1 amide bonds. The molecule has 2 aromatic carbocycles. The number of rotatable bonds is 4. The molecule has 0 fully saturated rings. The number of carbonyl (C=O) groups excluding carboxylic acids is 2. The number of nitrogens with zero attached hydrogens (tertiary/aromatic N) is 1. The minimum atomic E-state index is -0.354. The first-order chi connectivity index (χ1) is 12.9. The van der Waals surface area contributed by atoms with Gasteiger partial charge >= 0.3 is 0 Å². The normalized spacial score (nSPS) is 11.1. The number of amides is 1. The Morgan fingerprint density at radius 3 is 1.93 bits per heavy atom. The van der Waals surface area contributed by atoms with Crippen molar-refractivity contribution in [2.24, 2.45) is 0 Å². The molecule has 0 aliphatic carbocycles. The molecule has 4 nitrogen and oxygen atoms in total. The van der Waals surface area contributed by atoms with Gasteiger partial charge < -0.3 is 5.32 Å². The van der Waals surface area contributed by atoms with E-state index >= 15 is 0 Å². The van der Waals surface area contributed by atoms with Crippen LogP contribution in [0, 0.1) is 0 Å². The summed E-state index contributed by atoms with van der Waals surface area (Å²) in [6.07, 6.45) is 1.60. The number of hydrogen-bond acceptors (Lipinski definition) is 3. The van der Waals surface area contributed by atoms with Gasteiger partial charge in [0.1, 0.15) is 5.69 Å². The van der Waals surface area contributed by atoms with Gasteiger partial charge in [-0.2, -0.15) is 0 Å². The molecule has 0 saturated carbocycles. The van der Waals surface area contributed by atoms with Crippen LogP contribution in [0.5, 0.6) is 0 Å². The average molecular weight is 358 g/mol. The van der Waals surface area contributed by atoms with E-state index in [1.807, 2.05) is 57.2 Å². The Labute approximate surface area is 159 Å². The summed E-state index contributed by atoms with van der Waals surface area (Å²) in [4.78, 5) is 30.0. The fourth-order valence-corrected chi connectivity index (χ4v) is 2.87. The first kappa shape index (κ1) is 18.5. The summed E-state index contributed by atoms with van der Waals surface area (Å²) in [6, 6.07) is 19.9. The maximum atomic E-state index is 13.0. The Hall–Kier alpha value is -3.27. The second-order valence-corrected chi connectivity index (χ2v) is 7.34. The van der Waals surface area contributed by atoms with Gasteiger partial charge in [0.2, 0.25) is 5.78 Å². The summed E-state index contributed by atoms with van der Waals surface area (Å²) in [5, 5.41) is 2.99. The number of benzene rings is 2. The Bertz CT molecular complexity index is 973. The van der Waals surface area contributed by atoms with Crippen LogP contribution in [0.3, 0.4) is 0 Å². The topological polar surface area (TPSA) is 59.1 Å². The molecule has 0 radical (unpaired) electrons. The molecule has 0 spiro atoms. The molecule has 0 saturated heterocycles. The molecule has 3 aromatic rings. The van der Waals surface area contributed by atoms with Gasteiger partial charge in [-0.3, -0.25) is 14.6 Å². The van der Waals surface area contributed by atoms with E-state index in [0.29, 0.717) is 22.4 Å². The lowest BCUT2D eigenvalue weighted by Gasteiger charge is -2.22. The standard InChI is InChI=1S/C23H22N2O2/c1-23(2,3)25-22(27)19-13-7-5-11-17(19)16-10-4-6-12-18(16)21(26)20-14-8-9-15-24-20/h4-15H,1-3H3,(H,25,27). The summed E-state index contributed by atoms with van der Waals surface area (Å²) in [7, 11) is 0. The number of ketones is 1. The molecular formula is C23H22N2O2. The third kappa shape index (κ3) is 4.29. The zero-order valence-electron chi connectivity index (χ0n) is 15.7. The van der Waals surface area contributed by atoms with Crippen molar-refractivity contribution >= 4 is 11.7 Å². The molecule has 1 aromatic heterocycles. The van der Waals surface area contributed by atoms with Crippen LogP contribution < -0.4 is 5.32 Å². The van der Waals surface area contributed by atoms with Crippen molar-refractivity contribution in [3.8, 4) is 11.1 Å². The maximum absolute atomic E-state index is 13.0. The fraction of sp³-hybridized carbons (Fsp3) is 0.174. The Balaban J connectivity index is 2.09. The predicted molar refractivity (Wildman–Crippen MR) is 107 cm³/mol. The smallest absolute Gasteiger partial charge is 0.252 e. The van der Waals surface area contributed by atoms with Crippen molar-refractivity contribution < 1.29 is 9.59 Å². The summed E-state index contributed by atoms with van der Waals surface area (Å²) < 4.78 is 0. The van der Waals surface area contributed by atoms with Gasteiger partial charge in [0.15, 0.2) is 0 Å². The molecule has 27 heavy (non-hydrogen) atoms. The lowest BCUT2D eigenvalue weighted by molar-refractivity contribution is 0.0919. The van der Waals surface area contributed by atoms with Crippen LogP contribution in [0.1, 0.15) is 47.2 Å². The van der Waals surface area contributed by atoms with E-state index in [0.717, 1.165) is 5.56 Å². The lowest BCUT2D eigenvalue weighted by Crippen LogP contribution is -2.40. The highest BCUT2D eigenvalue weighted by Crippen LogP contribution is 2.29. The number of carbonyl (C=O) groups is 2. The van der Waals surface area contributed by atoms with Crippen LogP contribution in [0.15, 0.2) is 72.9 Å². The first-order valence-electron chi connectivity index (χ1n) is 8.83. The minimum absolute atomic E-state index is 0.168. The Morgan fingerprint density at radius 1 is 0.778 bits per heavy atom. The van der Waals surface area contributed by atoms with Crippen LogP contribution in [-0.2, 0) is 0 Å². The SMILES string of the molecule is CC(C)(C)NC(=O)c1ccccc1-c1ccccc1C(=O)c1ccccn1. The number of hydrogen-bond donors (Lipinski definition) is 1. The van der Waals surface area contributed by atoms with Crippen molar-refractivity contribution in [3.63, 3.8) is 0 Å². The lowest BCUT2D eigenvalue weighted by atomic mass is 9.92. The zero-order valence-corrected chi connectivity index (χ0v) is 15.7. The van der Waals surface area contributed by atoms with E-state index < -0.39 is 0 Å². The highest BCUT2D eigenvalue weighted by molar-refractivity contribution is 6.13. The van der Waals surface area contributed by atoms with Crippen LogP contribution in [0.2, 0.25) is 0 Å². The van der Waals surface area contributed by atoms with Crippen LogP contribution in [0.25, 0.3) is 11.1 Å². The van der Waals surface area contributed by atoms with Gasteiger partial charge in [0.05, 0.1) is 0 Å². The minimum Gasteiger partial charge on any atom is -0.347 e. The van der Waals surface area contributed by atoms with Crippen molar-refractivity contribution in [2.45, 2.75) is 26.3 Å². The second kappa shape index (κ2) is 7.54.